The molecule has 1 rings (SSSR count). The van der Waals surface area contributed by atoms with E-state index in [0.717, 1.165) is 0 Å². The number of para-hydroxylation sites is 1. The SMILES string of the molecule is CC(=O)Nc1ccccc1C(N)=O.O=C(O)C(F)(F)F. The summed E-state index contributed by atoms with van der Waals surface area (Å²) >= 11 is 0. The molecule has 0 bridgehead atoms. The predicted molar refractivity (Wildman–Crippen MR) is 63.0 cm³/mol. The van der Waals surface area contributed by atoms with Gasteiger partial charge in [-0.2, -0.15) is 13.2 Å². The number of benzene rings is 1. The minimum absolute atomic E-state index is 0.228. The molecular weight excluding hydrogens is 281 g/mol. The van der Waals surface area contributed by atoms with E-state index in [0.29, 0.717) is 11.3 Å². The summed E-state index contributed by atoms with van der Waals surface area (Å²) in [5, 5.41) is 9.64. The zero-order valence-corrected chi connectivity index (χ0v) is 10.2. The highest BCUT2D eigenvalue weighted by Crippen LogP contribution is 2.14. The van der Waals surface area contributed by atoms with Gasteiger partial charge in [0.25, 0.3) is 5.91 Å². The monoisotopic (exact) mass is 292 g/mol. The molecule has 0 aliphatic heterocycles. The van der Waals surface area contributed by atoms with E-state index in [4.69, 9.17) is 15.6 Å². The summed E-state index contributed by atoms with van der Waals surface area (Å²) in [4.78, 5) is 30.5. The van der Waals surface area contributed by atoms with Gasteiger partial charge in [-0.05, 0) is 12.1 Å². The van der Waals surface area contributed by atoms with Crippen molar-refractivity contribution < 1.29 is 32.7 Å². The second-order valence-electron chi connectivity index (χ2n) is 3.39. The van der Waals surface area contributed by atoms with Gasteiger partial charge < -0.3 is 16.2 Å². The van der Waals surface area contributed by atoms with E-state index in [9.17, 15) is 22.8 Å². The number of nitrogens with one attached hydrogen (secondary N) is 1. The van der Waals surface area contributed by atoms with Crippen LogP contribution in [-0.2, 0) is 9.59 Å². The normalized spacial score (nSPS) is 10.0. The third-order valence-corrected chi connectivity index (χ3v) is 1.75. The van der Waals surface area contributed by atoms with Crippen LogP contribution in [0.2, 0.25) is 0 Å². The summed E-state index contributed by atoms with van der Waals surface area (Å²) in [5.41, 5.74) is 5.86. The third kappa shape index (κ3) is 6.38. The molecule has 1 aromatic carbocycles. The van der Waals surface area contributed by atoms with Crippen LogP contribution in [0, 0.1) is 0 Å². The topological polar surface area (TPSA) is 109 Å². The summed E-state index contributed by atoms with van der Waals surface area (Å²) in [5.74, 6) is -3.54. The Morgan fingerprint density at radius 3 is 2.00 bits per heavy atom. The van der Waals surface area contributed by atoms with Crippen molar-refractivity contribution in [2.75, 3.05) is 5.32 Å². The van der Waals surface area contributed by atoms with E-state index in [1.54, 1.807) is 24.3 Å². The fraction of sp³-hybridized carbons (Fsp3) is 0.182. The molecule has 6 nitrogen and oxygen atoms in total. The molecular formula is C11H11F3N2O4. The first-order valence-electron chi connectivity index (χ1n) is 5.02. The van der Waals surface area contributed by atoms with Gasteiger partial charge >= 0.3 is 12.1 Å². The van der Waals surface area contributed by atoms with E-state index >= 15 is 0 Å². The van der Waals surface area contributed by atoms with Crippen LogP contribution in [0.1, 0.15) is 17.3 Å². The number of hydrogen-bond acceptors (Lipinski definition) is 3. The fourth-order valence-electron chi connectivity index (χ4n) is 0.997. The third-order valence-electron chi connectivity index (χ3n) is 1.75. The maximum Gasteiger partial charge on any atom is 0.490 e. The summed E-state index contributed by atoms with van der Waals surface area (Å²) in [7, 11) is 0. The molecule has 4 N–H and O–H groups in total. The minimum atomic E-state index is -5.08. The summed E-state index contributed by atoms with van der Waals surface area (Å²) < 4.78 is 31.7. The number of carboxylic acids is 1. The number of carboxylic acid groups (broad SMARTS) is 1. The molecule has 0 fully saturated rings. The highest BCUT2D eigenvalue weighted by atomic mass is 19.4. The second-order valence-corrected chi connectivity index (χ2v) is 3.39. The van der Waals surface area contributed by atoms with Crippen LogP contribution in [-0.4, -0.2) is 29.1 Å². The highest BCUT2D eigenvalue weighted by Gasteiger charge is 2.38. The Kier molecular flexibility index (Phi) is 6.20. The molecule has 0 atom stereocenters. The smallest absolute Gasteiger partial charge is 0.475 e. The van der Waals surface area contributed by atoms with Crippen molar-refractivity contribution in [3.63, 3.8) is 0 Å². The molecule has 110 valence electrons. The lowest BCUT2D eigenvalue weighted by Crippen LogP contribution is -2.21. The maximum absolute atomic E-state index is 10.9. The van der Waals surface area contributed by atoms with Crippen molar-refractivity contribution in [2.24, 2.45) is 5.73 Å². The number of nitrogens with two attached hydrogens (primary N) is 1. The van der Waals surface area contributed by atoms with Gasteiger partial charge in [0, 0.05) is 6.92 Å². The van der Waals surface area contributed by atoms with Crippen molar-refractivity contribution >= 4 is 23.5 Å². The Labute approximate surface area is 111 Å². The van der Waals surface area contributed by atoms with Gasteiger partial charge in [0.15, 0.2) is 0 Å². The van der Waals surface area contributed by atoms with E-state index in [1.807, 2.05) is 0 Å². The van der Waals surface area contributed by atoms with Gasteiger partial charge in [-0.3, -0.25) is 9.59 Å². The summed E-state index contributed by atoms with van der Waals surface area (Å²) in [6.45, 7) is 1.37. The lowest BCUT2D eigenvalue weighted by molar-refractivity contribution is -0.192. The number of primary amides is 1. The van der Waals surface area contributed by atoms with Crippen LogP contribution in [0.5, 0.6) is 0 Å². The molecule has 0 unspecified atom stereocenters. The van der Waals surface area contributed by atoms with Crippen LogP contribution < -0.4 is 11.1 Å². The molecule has 0 aromatic heterocycles. The molecule has 0 saturated heterocycles. The molecule has 20 heavy (non-hydrogen) atoms. The Balaban J connectivity index is 0.000000441. The maximum atomic E-state index is 10.9. The van der Waals surface area contributed by atoms with Crippen LogP contribution in [0.25, 0.3) is 0 Å². The average Bonchev–Trinajstić information content (AvgIpc) is 2.28. The molecule has 0 radical (unpaired) electrons. The van der Waals surface area contributed by atoms with Crippen molar-refractivity contribution in [2.45, 2.75) is 13.1 Å². The number of aliphatic carboxylic acids is 1. The van der Waals surface area contributed by atoms with E-state index in [1.165, 1.54) is 6.92 Å². The number of halogens is 3. The first-order valence-corrected chi connectivity index (χ1v) is 5.02. The highest BCUT2D eigenvalue weighted by molar-refractivity contribution is 6.02. The number of anilines is 1. The first-order chi connectivity index (χ1) is 9.05. The fourth-order valence-corrected chi connectivity index (χ4v) is 0.997. The van der Waals surface area contributed by atoms with Crippen LogP contribution in [0.4, 0.5) is 18.9 Å². The Morgan fingerprint density at radius 2 is 1.65 bits per heavy atom. The van der Waals surface area contributed by atoms with Crippen LogP contribution in [0.3, 0.4) is 0 Å². The Bertz CT molecular complexity index is 515. The molecule has 1 aromatic rings. The molecule has 2 amide bonds. The van der Waals surface area contributed by atoms with Crippen molar-refractivity contribution in [1.29, 1.82) is 0 Å². The lowest BCUT2D eigenvalue weighted by atomic mass is 10.1. The van der Waals surface area contributed by atoms with Crippen LogP contribution >= 0.6 is 0 Å². The number of carbonyl (C=O) groups excluding carboxylic acids is 2. The van der Waals surface area contributed by atoms with Gasteiger partial charge in [0.1, 0.15) is 0 Å². The Hall–Kier alpha value is -2.58. The first kappa shape index (κ1) is 17.4. The molecule has 0 aliphatic rings. The summed E-state index contributed by atoms with van der Waals surface area (Å²) in [6.07, 6.45) is -5.08. The second kappa shape index (κ2) is 7.12. The van der Waals surface area contributed by atoms with Gasteiger partial charge in [-0.25, -0.2) is 4.79 Å². The van der Waals surface area contributed by atoms with Gasteiger partial charge in [-0.15, -0.1) is 0 Å². The number of amides is 2. The largest absolute Gasteiger partial charge is 0.490 e. The minimum Gasteiger partial charge on any atom is -0.475 e. The van der Waals surface area contributed by atoms with E-state index in [2.05, 4.69) is 5.32 Å². The number of rotatable bonds is 2. The molecule has 9 heteroatoms. The summed E-state index contributed by atoms with van der Waals surface area (Å²) in [6, 6.07) is 6.60. The van der Waals surface area contributed by atoms with E-state index in [-0.39, 0.29) is 5.91 Å². The standard InChI is InChI=1S/C9H10N2O2.C2HF3O2/c1-6(12)11-8-5-3-2-4-7(8)9(10)13;3-2(4,5)1(6)7/h2-5H,1H3,(H2,10,13)(H,11,12);(H,6,7). The van der Waals surface area contributed by atoms with Crippen LogP contribution in [0.15, 0.2) is 24.3 Å². The molecule has 0 aliphatic carbocycles. The predicted octanol–water partition coefficient (Wildman–Crippen LogP) is 1.38. The average molecular weight is 292 g/mol. The molecule has 0 saturated carbocycles. The zero-order valence-electron chi connectivity index (χ0n) is 10.2. The van der Waals surface area contributed by atoms with Crippen molar-refractivity contribution in [3.05, 3.63) is 29.8 Å². The number of alkyl halides is 3. The van der Waals surface area contributed by atoms with Gasteiger partial charge in [0.2, 0.25) is 5.91 Å². The van der Waals surface area contributed by atoms with Crippen molar-refractivity contribution in [1.82, 2.24) is 0 Å². The van der Waals surface area contributed by atoms with Gasteiger partial charge in [0.05, 0.1) is 11.3 Å². The number of carbonyl (C=O) groups is 3. The zero-order chi connectivity index (χ0) is 15.9. The molecule has 0 spiro atoms. The van der Waals surface area contributed by atoms with Crippen molar-refractivity contribution in [3.8, 4) is 0 Å². The molecule has 0 heterocycles. The van der Waals surface area contributed by atoms with E-state index < -0.39 is 18.1 Å². The van der Waals surface area contributed by atoms with Gasteiger partial charge in [-0.1, -0.05) is 12.1 Å². The quantitative estimate of drug-likeness (QED) is 0.764. The Morgan fingerprint density at radius 1 is 1.20 bits per heavy atom. The number of hydrogen-bond donors (Lipinski definition) is 3. The lowest BCUT2D eigenvalue weighted by Gasteiger charge is -2.05.